The predicted molar refractivity (Wildman–Crippen MR) is 135 cm³/mol. The normalized spacial score (nSPS) is 15.7. The van der Waals surface area contributed by atoms with Gasteiger partial charge < -0.3 is 20.3 Å². The summed E-state index contributed by atoms with van der Waals surface area (Å²) in [5, 5.41) is 6.85. The molecule has 1 unspecified atom stereocenters. The van der Waals surface area contributed by atoms with Crippen LogP contribution in [0.15, 0.2) is 47.6 Å². The molecule has 0 bridgehead atoms. The zero-order valence-electron chi connectivity index (χ0n) is 18.5. The summed E-state index contributed by atoms with van der Waals surface area (Å²) in [5.74, 6) is 2.06. The fourth-order valence-corrected chi connectivity index (χ4v) is 3.44. The maximum absolute atomic E-state index is 13.3. The largest absolute Gasteiger partial charge is 0.489 e. The second-order valence-electron chi connectivity index (χ2n) is 7.70. The fourth-order valence-electron chi connectivity index (χ4n) is 3.44. The Morgan fingerprint density at radius 1 is 1.29 bits per heavy atom. The Morgan fingerprint density at radius 3 is 2.71 bits per heavy atom. The molecule has 1 atom stereocenters. The van der Waals surface area contributed by atoms with E-state index in [0.717, 1.165) is 44.3 Å². The molecule has 1 aliphatic heterocycles. The number of nitrogens with one attached hydrogen (secondary N) is 2. The first-order chi connectivity index (χ1) is 14.5. The number of anilines is 1. The molecule has 0 aliphatic carbocycles. The van der Waals surface area contributed by atoms with Crippen molar-refractivity contribution in [2.45, 2.75) is 45.8 Å². The molecule has 1 aromatic carbocycles. The molecule has 3 rings (SSSR count). The van der Waals surface area contributed by atoms with Crippen LogP contribution in [0.5, 0.6) is 5.75 Å². The van der Waals surface area contributed by atoms with Crippen molar-refractivity contribution in [2.24, 2.45) is 4.99 Å². The van der Waals surface area contributed by atoms with Crippen molar-refractivity contribution in [3.8, 4) is 5.75 Å². The number of ether oxygens (including phenoxy) is 1. The van der Waals surface area contributed by atoms with Gasteiger partial charge in [-0.3, -0.25) is 0 Å². The summed E-state index contributed by atoms with van der Waals surface area (Å²) in [6.45, 7) is 9.24. The lowest BCUT2D eigenvalue weighted by molar-refractivity contribution is 0.229. The van der Waals surface area contributed by atoms with Crippen molar-refractivity contribution in [3.63, 3.8) is 0 Å². The summed E-state index contributed by atoms with van der Waals surface area (Å²) in [6.07, 6.45) is 3.81. The molecule has 2 heterocycles. The fraction of sp³-hybridized carbons (Fsp3) is 0.478. The highest BCUT2D eigenvalue weighted by atomic mass is 127. The van der Waals surface area contributed by atoms with Crippen LogP contribution in [0.1, 0.15) is 32.3 Å². The minimum absolute atomic E-state index is 0. The molecule has 0 spiro atoms. The molecule has 1 fully saturated rings. The molecule has 31 heavy (non-hydrogen) atoms. The van der Waals surface area contributed by atoms with E-state index in [1.807, 2.05) is 13.1 Å². The highest BCUT2D eigenvalue weighted by Gasteiger charge is 2.21. The molecule has 0 amide bonds. The molecule has 0 saturated carbocycles. The molecule has 8 heteroatoms. The number of halogens is 2. The lowest BCUT2D eigenvalue weighted by Crippen LogP contribution is -2.49. The number of aryl methyl sites for hydroxylation is 1. The number of aliphatic imine (C=N–C) groups is 1. The first-order valence-corrected chi connectivity index (χ1v) is 10.7. The number of rotatable bonds is 7. The number of hydrogen-bond donors (Lipinski definition) is 2. The van der Waals surface area contributed by atoms with Gasteiger partial charge >= 0.3 is 0 Å². The number of benzene rings is 1. The van der Waals surface area contributed by atoms with Crippen LogP contribution in [0.4, 0.5) is 10.2 Å². The number of hydrogen-bond acceptors (Lipinski definition) is 4. The van der Waals surface area contributed by atoms with E-state index in [1.165, 1.54) is 17.7 Å². The van der Waals surface area contributed by atoms with E-state index in [0.29, 0.717) is 18.3 Å². The third-order valence-electron chi connectivity index (χ3n) is 5.04. The van der Waals surface area contributed by atoms with E-state index in [4.69, 9.17) is 4.74 Å². The van der Waals surface area contributed by atoms with Gasteiger partial charge in [-0.05, 0) is 57.4 Å². The smallest absolute Gasteiger partial charge is 0.191 e. The summed E-state index contributed by atoms with van der Waals surface area (Å²) in [7, 11) is 0. The van der Waals surface area contributed by atoms with Gasteiger partial charge in [-0.25, -0.2) is 14.4 Å². The van der Waals surface area contributed by atoms with Gasteiger partial charge in [0.25, 0.3) is 0 Å². The van der Waals surface area contributed by atoms with Crippen LogP contribution in [0.25, 0.3) is 0 Å². The molecule has 2 N–H and O–H groups in total. The zero-order chi connectivity index (χ0) is 21.3. The molecular weight excluding hydrogens is 508 g/mol. The van der Waals surface area contributed by atoms with E-state index in [2.05, 4.69) is 51.5 Å². The third kappa shape index (κ3) is 8.16. The lowest BCUT2D eigenvalue weighted by Gasteiger charge is -2.34. The standard InChI is InChI=1S/C23H32FN5O.HI/c1-4-25-23(27-16-18(3)30-21-7-5-6-19(24)14-21)28-20-10-12-29(13-11-20)22-9-8-17(2)15-26-22;/h5-9,14-15,18,20H,4,10-13,16H2,1-3H3,(H2,25,27,28);1H. The maximum atomic E-state index is 13.3. The molecule has 170 valence electrons. The Bertz CT molecular complexity index is 825. The van der Waals surface area contributed by atoms with Crippen LogP contribution < -0.4 is 20.3 Å². The zero-order valence-corrected chi connectivity index (χ0v) is 20.8. The van der Waals surface area contributed by atoms with Crippen LogP contribution in [-0.2, 0) is 0 Å². The van der Waals surface area contributed by atoms with Gasteiger partial charge in [-0.1, -0.05) is 12.1 Å². The Labute approximate surface area is 201 Å². The average molecular weight is 541 g/mol. The van der Waals surface area contributed by atoms with Crippen LogP contribution in [-0.4, -0.2) is 49.3 Å². The average Bonchev–Trinajstić information content (AvgIpc) is 2.73. The molecule has 2 aromatic rings. The van der Waals surface area contributed by atoms with Crippen molar-refractivity contribution in [1.29, 1.82) is 0 Å². The molecule has 6 nitrogen and oxygen atoms in total. The lowest BCUT2D eigenvalue weighted by atomic mass is 10.1. The second-order valence-corrected chi connectivity index (χ2v) is 7.70. The second kappa shape index (κ2) is 12.7. The van der Waals surface area contributed by atoms with Crippen molar-refractivity contribution in [1.82, 2.24) is 15.6 Å². The third-order valence-corrected chi connectivity index (χ3v) is 5.04. The van der Waals surface area contributed by atoms with E-state index in [9.17, 15) is 4.39 Å². The number of piperidine rings is 1. The summed E-state index contributed by atoms with van der Waals surface area (Å²) in [6, 6.07) is 10.8. The summed E-state index contributed by atoms with van der Waals surface area (Å²) >= 11 is 0. The first-order valence-electron chi connectivity index (χ1n) is 10.7. The van der Waals surface area contributed by atoms with Gasteiger partial charge in [0.05, 0.1) is 6.54 Å². The summed E-state index contributed by atoms with van der Waals surface area (Å²) < 4.78 is 19.1. The van der Waals surface area contributed by atoms with Crippen LogP contribution >= 0.6 is 24.0 Å². The van der Waals surface area contributed by atoms with Gasteiger partial charge in [0.15, 0.2) is 5.96 Å². The predicted octanol–water partition coefficient (Wildman–Crippen LogP) is 4.14. The minimum atomic E-state index is -0.301. The van der Waals surface area contributed by atoms with Crippen molar-refractivity contribution < 1.29 is 9.13 Å². The Balaban J connectivity index is 0.00000341. The summed E-state index contributed by atoms with van der Waals surface area (Å²) in [5.41, 5.74) is 1.18. The van der Waals surface area contributed by atoms with Crippen LogP contribution in [0, 0.1) is 12.7 Å². The van der Waals surface area contributed by atoms with E-state index in [-0.39, 0.29) is 35.9 Å². The SMILES string of the molecule is CCNC(=NCC(C)Oc1cccc(F)c1)NC1CCN(c2ccc(C)cn2)CC1.I. The number of aromatic nitrogens is 1. The molecular formula is C23H33FIN5O. The molecule has 1 aromatic heterocycles. The van der Waals surface area contributed by atoms with Crippen LogP contribution in [0.3, 0.4) is 0 Å². The van der Waals surface area contributed by atoms with E-state index in [1.54, 1.807) is 12.1 Å². The Morgan fingerprint density at radius 2 is 2.06 bits per heavy atom. The molecule has 1 saturated heterocycles. The highest BCUT2D eigenvalue weighted by molar-refractivity contribution is 14.0. The van der Waals surface area contributed by atoms with Gasteiger partial charge in [-0.2, -0.15) is 0 Å². The summed E-state index contributed by atoms with van der Waals surface area (Å²) in [4.78, 5) is 11.5. The quantitative estimate of drug-likeness (QED) is 0.314. The van der Waals surface area contributed by atoms with E-state index < -0.39 is 0 Å². The first kappa shape index (κ1) is 25.2. The Kier molecular flexibility index (Phi) is 10.3. The van der Waals surface area contributed by atoms with Gasteiger partial charge in [0, 0.05) is 37.9 Å². The van der Waals surface area contributed by atoms with Gasteiger partial charge in [0.1, 0.15) is 23.5 Å². The molecule has 1 aliphatic rings. The van der Waals surface area contributed by atoms with Crippen LogP contribution in [0.2, 0.25) is 0 Å². The highest BCUT2D eigenvalue weighted by Crippen LogP contribution is 2.18. The number of nitrogens with zero attached hydrogens (tertiary/aromatic N) is 3. The van der Waals surface area contributed by atoms with Crippen molar-refractivity contribution >= 4 is 35.8 Å². The number of guanidine groups is 1. The van der Waals surface area contributed by atoms with Gasteiger partial charge in [0.2, 0.25) is 0 Å². The topological polar surface area (TPSA) is 61.8 Å². The van der Waals surface area contributed by atoms with E-state index >= 15 is 0 Å². The maximum Gasteiger partial charge on any atom is 0.191 e. The van der Waals surface area contributed by atoms with Gasteiger partial charge in [-0.15, -0.1) is 24.0 Å². The van der Waals surface area contributed by atoms with Crippen molar-refractivity contribution in [2.75, 3.05) is 31.1 Å². The van der Waals surface area contributed by atoms with Crippen molar-refractivity contribution in [3.05, 3.63) is 54.0 Å². The monoisotopic (exact) mass is 541 g/mol. The minimum Gasteiger partial charge on any atom is -0.489 e. The number of pyridine rings is 1. The molecule has 0 radical (unpaired) electrons. The Hall–Kier alpha value is -2.10.